The fourth-order valence-electron chi connectivity index (χ4n) is 2.32. The minimum absolute atomic E-state index is 0.277. The number of benzene rings is 1. The Labute approximate surface area is 132 Å². The monoisotopic (exact) mass is 309 g/mol. The highest BCUT2D eigenvalue weighted by atomic mass is 16.4. The average molecular weight is 309 g/mol. The Hall–Kier alpha value is -3.22. The zero-order valence-electron chi connectivity index (χ0n) is 12.4. The summed E-state index contributed by atoms with van der Waals surface area (Å²) in [7, 11) is 0. The first kappa shape index (κ1) is 14.7. The number of carbonyl (C=O) groups is 1. The van der Waals surface area contributed by atoms with Gasteiger partial charge in [-0.3, -0.25) is 0 Å². The smallest absolute Gasteiger partial charge is 0.405 e. The number of fused-ring (bicyclic) bond motifs is 1. The summed E-state index contributed by atoms with van der Waals surface area (Å²) >= 11 is 0. The van der Waals surface area contributed by atoms with Crippen LogP contribution >= 0.6 is 0 Å². The molecule has 3 rings (SSSR count). The predicted octanol–water partition coefficient (Wildman–Crippen LogP) is 2.48. The third-order valence-corrected chi connectivity index (χ3v) is 3.35. The zero-order valence-corrected chi connectivity index (χ0v) is 12.4. The van der Waals surface area contributed by atoms with Crippen LogP contribution in [0, 0.1) is 0 Å². The van der Waals surface area contributed by atoms with Crippen LogP contribution in [0.2, 0.25) is 0 Å². The van der Waals surface area contributed by atoms with Crippen molar-refractivity contribution >= 4 is 23.1 Å². The van der Waals surface area contributed by atoms with Gasteiger partial charge in [0.25, 0.3) is 0 Å². The number of carboxylic acid groups (broad SMARTS) is 1. The Morgan fingerprint density at radius 2 is 2.09 bits per heavy atom. The van der Waals surface area contributed by atoms with Crippen LogP contribution in [0.25, 0.3) is 22.7 Å². The number of hydrogen-bond acceptors (Lipinski definition) is 4. The van der Waals surface area contributed by atoms with Crippen LogP contribution < -0.4 is 5.32 Å². The van der Waals surface area contributed by atoms with E-state index in [1.54, 1.807) is 36.3 Å². The lowest BCUT2D eigenvalue weighted by molar-refractivity contribution is 0.193. The van der Waals surface area contributed by atoms with Gasteiger partial charge in [0.05, 0.1) is 24.1 Å². The van der Waals surface area contributed by atoms with Crippen LogP contribution in [0.3, 0.4) is 0 Å². The summed E-state index contributed by atoms with van der Waals surface area (Å²) in [6.45, 7) is 1.77. The van der Waals surface area contributed by atoms with Gasteiger partial charge in [0.2, 0.25) is 0 Å². The van der Waals surface area contributed by atoms with Crippen LogP contribution in [0.15, 0.2) is 49.2 Å². The number of amides is 1. The molecule has 0 spiro atoms. The van der Waals surface area contributed by atoms with Crippen molar-refractivity contribution in [2.45, 2.75) is 13.0 Å². The molecular formula is C16H15N5O2. The maximum atomic E-state index is 10.6. The molecule has 23 heavy (non-hydrogen) atoms. The summed E-state index contributed by atoms with van der Waals surface area (Å²) < 4.78 is 1.77. The predicted molar refractivity (Wildman–Crippen MR) is 86.3 cm³/mol. The van der Waals surface area contributed by atoms with E-state index in [0.717, 1.165) is 22.2 Å². The Morgan fingerprint density at radius 3 is 2.83 bits per heavy atom. The normalized spacial score (nSPS) is 12.6. The molecule has 7 nitrogen and oxygen atoms in total. The van der Waals surface area contributed by atoms with Crippen LogP contribution in [0.1, 0.15) is 12.5 Å². The minimum Gasteiger partial charge on any atom is -0.465 e. The van der Waals surface area contributed by atoms with Crippen LogP contribution in [0.4, 0.5) is 4.79 Å². The molecule has 3 aromatic rings. The maximum absolute atomic E-state index is 10.6. The fourth-order valence-corrected chi connectivity index (χ4v) is 2.32. The van der Waals surface area contributed by atoms with E-state index in [4.69, 9.17) is 5.11 Å². The summed E-state index contributed by atoms with van der Waals surface area (Å²) in [5.41, 5.74) is 2.68. The first-order chi connectivity index (χ1) is 11.1. The number of aromatic nitrogens is 4. The van der Waals surface area contributed by atoms with Crippen LogP contribution in [0.5, 0.6) is 0 Å². The van der Waals surface area contributed by atoms with Crippen molar-refractivity contribution in [3.8, 4) is 5.69 Å². The molecule has 2 aromatic heterocycles. The molecule has 1 unspecified atom stereocenters. The van der Waals surface area contributed by atoms with Crippen LogP contribution in [-0.2, 0) is 0 Å². The van der Waals surface area contributed by atoms with Gasteiger partial charge >= 0.3 is 6.09 Å². The van der Waals surface area contributed by atoms with E-state index in [9.17, 15) is 4.79 Å². The quantitative estimate of drug-likeness (QED) is 0.772. The summed E-state index contributed by atoms with van der Waals surface area (Å²) in [4.78, 5) is 18.6. The molecule has 2 heterocycles. The van der Waals surface area contributed by atoms with E-state index < -0.39 is 6.09 Å². The molecule has 0 saturated heterocycles. The van der Waals surface area contributed by atoms with E-state index in [0.29, 0.717) is 0 Å². The third kappa shape index (κ3) is 3.18. The number of hydrogen-bond donors (Lipinski definition) is 2. The van der Waals surface area contributed by atoms with E-state index in [-0.39, 0.29) is 6.04 Å². The van der Waals surface area contributed by atoms with Crippen molar-refractivity contribution in [3.63, 3.8) is 0 Å². The number of nitrogens with one attached hydrogen (secondary N) is 1. The van der Waals surface area contributed by atoms with Crippen LogP contribution in [-0.4, -0.2) is 37.0 Å². The summed E-state index contributed by atoms with van der Waals surface area (Å²) in [6, 6.07) is 5.57. The van der Waals surface area contributed by atoms with Gasteiger partial charge in [-0.2, -0.15) is 5.10 Å². The molecule has 0 saturated carbocycles. The Kier molecular flexibility index (Phi) is 4.01. The SMILES string of the molecule is CC(C=Cc1cccc2c1cnn2-c1cncnc1)NC(=O)O. The van der Waals surface area contributed by atoms with Crippen molar-refractivity contribution in [1.29, 1.82) is 0 Å². The van der Waals surface area contributed by atoms with Crippen molar-refractivity contribution in [3.05, 3.63) is 54.8 Å². The first-order valence-corrected chi connectivity index (χ1v) is 7.05. The molecule has 116 valence electrons. The Balaban J connectivity index is 1.96. The lowest BCUT2D eigenvalue weighted by Gasteiger charge is -2.05. The molecular weight excluding hydrogens is 294 g/mol. The zero-order chi connectivity index (χ0) is 16.2. The van der Waals surface area contributed by atoms with Gasteiger partial charge < -0.3 is 10.4 Å². The molecule has 0 aliphatic carbocycles. The van der Waals surface area contributed by atoms with Gasteiger partial charge in [0, 0.05) is 11.4 Å². The Morgan fingerprint density at radius 1 is 1.30 bits per heavy atom. The van der Waals surface area contributed by atoms with Gasteiger partial charge in [-0.05, 0) is 18.6 Å². The molecule has 1 amide bonds. The lowest BCUT2D eigenvalue weighted by atomic mass is 10.1. The van der Waals surface area contributed by atoms with Gasteiger partial charge in [-0.1, -0.05) is 24.3 Å². The minimum atomic E-state index is -1.04. The highest BCUT2D eigenvalue weighted by molar-refractivity contribution is 5.89. The summed E-state index contributed by atoms with van der Waals surface area (Å²) in [5.74, 6) is 0. The largest absolute Gasteiger partial charge is 0.465 e. The number of nitrogens with zero attached hydrogens (tertiary/aromatic N) is 4. The second kappa shape index (κ2) is 6.27. The fraction of sp³-hybridized carbons (Fsp3) is 0.125. The molecule has 2 N–H and O–H groups in total. The molecule has 0 radical (unpaired) electrons. The molecule has 7 heteroatoms. The van der Waals surface area contributed by atoms with E-state index in [1.807, 2.05) is 24.3 Å². The third-order valence-electron chi connectivity index (χ3n) is 3.35. The van der Waals surface area contributed by atoms with E-state index in [2.05, 4.69) is 20.4 Å². The second-order valence-corrected chi connectivity index (χ2v) is 5.03. The summed E-state index contributed by atoms with van der Waals surface area (Å²) in [6.07, 6.45) is 9.28. The van der Waals surface area contributed by atoms with Gasteiger partial charge in [-0.15, -0.1) is 0 Å². The highest BCUT2D eigenvalue weighted by Gasteiger charge is 2.08. The van der Waals surface area contributed by atoms with Crippen molar-refractivity contribution < 1.29 is 9.90 Å². The molecule has 0 aliphatic heterocycles. The van der Waals surface area contributed by atoms with Crippen molar-refractivity contribution in [1.82, 2.24) is 25.1 Å². The number of rotatable bonds is 4. The van der Waals surface area contributed by atoms with Gasteiger partial charge in [-0.25, -0.2) is 19.4 Å². The highest BCUT2D eigenvalue weighted by Crippen LogP contribution is 2.22. The maximum Gasteiger partial charge on any atom is 0.405 e. The molecule has 1 atom stereocenters. The lowest BCUT2D eigenvalue weighted by Crippen LogP contribution is -2.29. The van der Waals surface area contributed by atoms with E-state index in [1.165, 1.54) is 6.33 Å². The molecule has 0 fully saturated rings. The molecule has 0 bridgehead atoms. The first-order valence-electron chi connectivity index (χ1n) is 7.05. The standard InChI is InChI=1S/C16H15N5O2/c1-11(20-16(22)23)5-6-12-3-2-4-15-14(12)9-19-21(15)13-7-17-10-18-8-13/h2-11,20H,1H3,(H,22,23). The van der Waals surface area contributed by atoms with E-state index >= 15 is 0 Å². The van der Waals surface area contributed by atoms with Crippen molar-refractivity contribution in [2.75, 3.05) is 0 Å². The van der Waals surface area contributed by atoms with Gasteiger partial charge in [0.15, 0.2) is 0 Å². The topological polar surface area (TPSA) is 92.9 Å². The summed E-state index contributed by atoms with van der Waals surface area (Å²) in [5, 5.41) is 16.5. The van der Waals surface area contributed by atoms with Crippen molar-refractivity contribution in [2.24, 2.45) is 0 Å². The molecule has 1 aromatic carbocycles. The second-order valence-electron chi connectivity index (χ2n) is 5.03. The van der Waals surface area contributed by atoms with Gasteiger partial charge in [0.1, 0.15) is 12.0 Å². The average Bonchev–Trinajstić information content (AvgIpc) is 2.97. The molecule has 0 aliphatic rings. The Bertz CT molecular complexity index is 857.